The zero-order valence-corrected chi connectivity index (χ0v) is 13.6. The Hall–Kier alpha value is -0.240. The van der Waals surface area contributed by atoms with Crippen LogP contribution in [0, 0.1) is 6.92 Å². The van der Waals surface area contributed by atoms with Gasteiger partial charge in [-0.25, -0.2) is 8.42 Å². The number of aromatic nitrogens is 2. The summed E-state index contributed by atoms with van der Waals surface area (Å²) in [7, 11) is -3.57. The van der Waals surface area contributed by atoms with Crippen LogP contribution >= 0.6 is 23.4 Å². The molecule has 0 aliphatic carbocycles. The van der Waals surface area contributed by atoms with E-state index in [0.29, 0.717) is 17.8 Å². The molecule has 0 saturated carbocycles. The van der Waals surface area contributed by atoms with Crippen molar-refractivity contribution in [2.24, 2.45) is 0 Å². The van der Waals surface area contributed by atoms with Crippen LogP contribution in [-0.4, -0.2) is 46.5 Å². The monoisotopic (exact) mass is 323 g/mol. The van der Waals surface area contributed by atoms with Crippen molar-refractivity contribution in [1.29, 1.82) is 0 Å². The van der Waals surface area contributed by atoms with Gasteiger partial charge in [0.25, 0.3) is 10.0 Å². The van der Waals surface area contributed by atoms with Crippen LogP contribution in [0.25, 0.3) is 0 Å². The minimum Gasteiger partial charge on any atom is -0.281 e. The van der Waals surface area contributed by atoms with Gasteiger partial charge in [-0.15, -0.1) is 11.6 Å². The number of rotatable bonds is 3. The second-order valence-electron chi connectivity index (χ2n) is 4.70. The fourth-order valence-electron chi connectivity index (χ4n) is 2.16. The lowest BCUT2D eigenvalue weighted by Gasteiger charge is -2.35. The number of alkyl halides is 1. The van der Waals surface area contributed by atoms with Crippen LogP contribution in [0.15, 0.2) is 5.03 Å². The van der Waals surface area contributed by atoms with Gasteiger partial charge in [0.15, 0.2) is 5.03 Å². The van der Waals surface area contributed by atoms with Crippen molar-refractivity contribution >= 4 is 33.4 Å². The van der Waals surface area contributed by atoms with Crippen molar-refractivity contribution in [2.45, 2.75) is 43.0 Å². The normalized spacial score (nSPS) is 25.7. The van der Waals surface area contributed by atoms with Crippen molar-refractivity contribution in [1.82, 2.24) is 14.5 Å². The topological polar surface area (TPSA) is 66.1 Å². The summed E-state index contributed by atoms with van der Waals surface area (Å²) in [6.07, 6.45) is 0. The first-order valence-corrected chi connectivity index (χ1v) is 9.15. The highest BCUT2D eigenvalue weighted by Gasteiger charge is 2.37. The summed E-state index contributed by atoms with van der Waals surface area (Å²) in [6.45, 7) is 6.29. The van der Waals surface area contributed by atoms with Crippen molar-refractivity contribution < 1.29 is 8.42 Å². The number of halogens is 1. The molecule has 2 atom stereocenters. The van der Waals surface area contributed by atoms with Gasteiger partial charge in [0.2, 0.25) is 0 Å². The Balaban J connectivity index is 2.41. The largest absolute Gasteiger partial charge is 0.281 e. The number of nitrogens with one attached hydrogen (secondary N) is 1. The van der Waals surface area contributed by atoms with Gasteiger partial charge < -0.3 is 0 Å². The molecule has 5 nitrogen and oxygen atoms in total. The minimum absolute atomic E-state index is 0.0380. The number of aromatic amines is 1. The lowest BCUT2D eigenvalue weighted by atomic mass is 10.2. The molecule has 1 aliphatic rings. The number of hydrogen-bond donors (Lipinski definition) is 1. The third-order valence-electron chi connectivity index (χ3n) is 3.55. The summed E-state index contributed by atoms with van der Waals surface area (Å²) in [5, 5.41) is 7.02. The number of hydrogen-bond acceptors (Lipinski definition) is 4. The maximum absolute atomic E-state index is 12.7. The molecule has 2 unspecified atom stereocenters. The van der Waals surface area contributed by atoms with Gasteiger partial charge in [-0.1, -0.05) is 6.92 Å². The molecule has 0 amide bonds. The van der Waals surface area contributed by atoms with Crippen molar-refractivity contribution in [3.05, 3.63) is 11.3 Å². The van der Waals surface area contributed by atoms with Gasteiger partial charge in [0, 0.05) is 34.8 Å². The molecule has 1 aromatic rings. The predicted octanol–water partition coefficient (Wildman–Crippen LogP) is 1.97. The minimum atomic E-state index is -3.57. The Morgan fingerprint density at radius 1 is 1.53 bits per heavy atom. The number of thioether (sulfide) groups is 1. The molecule has 0 radical (unpaired) electrons. The van der Waals surface area contributed by atoms with Crippen LogP contribution in [-0.2, 0) is 15.9 Å². The Kier molecular flexibility index (Phi) is 4.49. The van der Waals surface area contributed by atoms with E-state index in [9.17, 15) is 8.42 Å². The number of H-pyrrole nitrogens is 1. The smallest absolute Gasteiger partial charge is 0.263 e. The summed E-state index contributed by atoms with van der Waals surface area (Å²) in [6, 6.07) is -0.0380. The fraction of sp³-hybridized carbons (Fsp3) is 0.727. The van der Waals surface area contributed by atoms with Gasteiger partial charge in [-0.2, -0.15) is 21.2 Å². The summed E-state index contributed by atoms with van der Waals surface area (Å²) in [5.41, 5.74) is 1.28. The summed E-state index contributed by atoms with van der Waals surface area (Å²) in [4.78, 5) is 0. The maximum Gasteiger partial charge on any atom is 0.263 e. The standard InChI is InChI=1S/C11H18ClN3O2S2/c1-7-10(6-12)11(14-13-7)19(16,17)15-4-5-18-9(3)8(15)2/h8-9H,4-6H2,1-3H3,(H,13,14). The molecule has 0 spiro atoms. The zero-order chi connectivity index (χ0) is 14.2. The first-order chi connectivity index (χ1) is 8.89. The fourth-order valence-corrected chi connectivity index (χ4v) is 5.73. The highest BCUT2D eigenvalue weighted by atomic mass is 35.5. The molecule has 1 fully saturated rings. The van der Waals surface area contributed by atoms with E-state index >= 15 is 0 Å². The molecule has 8 heteroatoms. The molecule has 1 aromatic heterocycles. The Morgan fingerprint density at radius 2 is 2.21 bits per heavy atom. The van der Waals surface area contributed by atoms with Crippen LogP contribution in [0.2, 0.25) is 0 Å². The molecule has 19 heavy (non-hydrogen) atoms. The molecular formula is C11H18ClN3O2S2. The number of sulfonamides is 1. The van der Waals surface area contributed by atoms with Gasteiger partial charge in [-0.05, 0) is 13.8 Å². The summed E-state index contributed by atoms with van der Waals surface area (Å²) >= 11 is 7.64. The summed E-state index contributed by atoms with van der Waals surface area (Å²) in [5.74, 6) is 0.952. The number of nitrogens with zero attached hydrogens (tertiary/aromatic N) is 2. The second-order valence-corrected chi connectivity index (χ2v) is 8.26. The average molecular weight is 324 g/mol. The first-order valence-electron chi connectivity index (χ1n) is 6.12. The quantitative estimate of drug-likeness (QED) is 0.864. The van der Waals surface area contributed by atoms with E-state index in [1.165, 1.54) is 0 Å². The van der Waals surface area contributed by atoms with Gasteiger partial charge in [-0.3, -0.25) is 5.10 Å². The molecular weight excluding hydrogens is 306 g/mol. The molecule has 2 rings (SSSR count). The summed E-state index contributed by atoms with van der Waals surface area (Å²) < 4.78 is 27.0. The van der Waals surface area contributed by atoms with E-state index < -0.39 is 10.0 Å². The van der Waals surface area contributed by atoms with E-state index in [-0.39, 0.29) is 22.2 Å². The van der Waals surface area contributed by atoms with Gasteiger partial charge in [0.05, 0.1) is 5.88 Å². The van der Waals surface area contributed by atoms with Crippen LogP contribution in [0.5, 0.6) is 0 Å². The van der Waals surface area contributed by atoms with Crippen LogP contribution in [0.3, 0.4) is 0 Å². The Bertz CT molecular complexity index is 558. The molecule has 1 N–H and O–H groups in total. The average Bonchev–Trinajstić information content (AvgIpc) is 2.74. The maximum atomic E-state index is 12.7. The third-order valence-corrected chi connectivity index (χ3v) is 7.11. The lowest BCUT2D eigenvalue weighted by Crippen LogP contribution is -2.48. The SMILES string of the molecule is Cc1[nH]nc(S(=O)(=O)N2CCSC(C)C2C)c1CCl. The van der Waals surface area contributed by atoms with Crippen molar-refractivity contribution in [3.63, 3.8) is 0 Å². The Morgan fingerprint density at radius 3 is 2.84 bits per heavy atom. The molecule has 0 bridgehead atoms. The highest BCUT2D eigenvalue weighted by Crippen LogP contribution is 2.30. The first kappa shape index (κ1) is 15.2. The number of aryl methyl sites for hydroxylation is 1. The third kappa shape index (κ3) is 2.66. The van der Waals surface area contributed by atoms with Crippen molar-refractivity contribution in [3.8, 4) is 0 Å². The Labute approximate surface area is 123 Å². The molecule has 2 heterocycles. The van der Waals surface area contributed by atoms with E-state index in [1.54, 1.807) is 23.0 Å². The van der Waals surface area contributed by atoms with E-state index in [4.69, 9.17) is 11.6 Å². The van der Waals surface area contributed by atoms with Gasteiger partial charge >= 0.3 is 0 Å². The van der Waals surface area contributed by atoms with E-state index in [0.717, 1.165) is 5.75 Å². The molecule has 0 aromatic carbocycles. The second kappa shape index (κ2) is 5.63. The van der Waals surface area contributed by atoms with E-state index in [1.807, 2.05) is 6.92 Å². The lowest BCUT2D eigenvalue weighted by molar-refractivity contribution is 0.339. The van der Waals surface area contributed by atoms with Crippen LogP contribution < -0.4 is 0 Å². The predicted molar refractivity (Wildman–Crippen MR) is 78.2 cm³/mol. The molecule has 1 aliphatic heterocycles. The van der Waals surface area contributed by atoms with Crippen LogP contribution in [0.1, 0.15) is 25.1 Å². The van der Waals surface area contributed by atoms with Crippen molar-refractivity contribution in [2.75, 3.05) is 12.3 Å². The zero-order valence-electron chi connectivity index (χ0n) is 11.2. The van der Waals surface area contributed by atoms with E-state index in [2.05, 4.69) is 17.1 Å². The molecule has 1 saturated heterocycles. The highest BCUT2D eigenvalue weighted by molar-refractivity contribution is 8.00. The van der Waals surface area contributed by atoms with Crippen LogP contribution in [0.4, 0.5) is 0 Å². The van der Waals surface area contributed by atoms with Gasteiger partial charge in [0.1, 0.15) is 0 Å². The molecule has 108 valence electrons.